The number of hydrogen-bond donors (Lipinski definition) is 1. The maximum absolute atomic E-state index is 13.4. The summed E-state index contributed by atoms with van der Waals surface area (Å²) >= 11 is 1.15. The Bertz CT molecular complexity index is 1810. The van der Waals surface area contributed by atoms with E-state index in [-0.39, 0.29) is 9.74 Å². The first-order valence-corrected chi connectivity index (χ1v) is 21.0. The number of hydrogen-bond acceptors (Lipinski definition) is 7. The van der Waals surface area contributed by atoms with E-state index in [2.05, 4.69) is 38.8 Å². The quantitative estimate of drug-likeness (QED) is 0.166. The molecule has 2 heterocycles. The summed E-state index contributed by atoms with van der Waals surface area (Å²) in [4.78, 5) is 2.14. The molecule has 0 aliphatic carbocycles. The van der Waals surface area contributed by atoms with Crippen molar-refractivity contribution in [2.24, 2.45) is 0 Å². The number of alkyl halides is 3. The minimum atomic E-state index is -5.66. The highest BCUT2D eigenvalue weighted by molar-refractivity contribution is 7.92. The summed E-state index contributed by atoms with van der Waals surface area (Å²) in [6.45, 7) is 14.4. The van der Waals surface area contributed by atoms with Gasteiger partial charge in [0, 0.05) is 21.5 Å². The van der Waals surface area contributed by atoms with Gasteiger partial charge in [-0.25, -0.2) is 8.42 Å². The normalized spacial score (nSPS) is 15.2. The maximum atomic E-state index is 13.4. The van der Waals surface area contributed by atoms with Crippen LogP contribution in [0.1, 0.15) is 51.2 Å². The van der Waals surface area contributed by atoms with Crippen molar-refractivity contribution in [2.75, 3.05) is 26.2 Å². The number of phenolic OH excluding ortho intramolecular Hbond substituents is 1. The number of piperidine rings is 1. The first kappa shape index (κ1) is 35.2. The molecule has 12 heteroatoms. The van der Waals surface area contributed by atoms with Crippen LogP contribution in [-0.2, 0) is 16.3 Å². The van der Waals surface area contributed by atoms with Crippen LogP contribution < -0.4 is 9.16 Å². The Morgan fingerprint density at radius 2 is 1.53 bits per heavy atom. The van der Waals surface area contributed by atoms with Crippen LogP contribution in [0.4, 0.5) is 13.2 Å². The minimum Gasteiger partial charge on any atom is -0.544 e. The number of thiophene rings is 1. The van der Waals surface area contributed by atoms with Crippen LogP contribution in [0.25, 0.3) is 20.5 Å². The highest BCUT2D eigenvalue weighted by Crippen LogP contribution is 2.46. The second-order valence-corrected chi connectivity index (χ2v) is 21.4. The standard InChI is InChI=1S/C35H42F3NO5S2Si/c1-34(2,3)47(4,5)44-27-15-11-25(12-16-27)33-29(32-30(40)22-28(23-31(32)45-33)46(41,42)35(36,37)38)21-24-9-13-26(14-10-24)43-20-19-39-17-7-6-8-18-39/h9-16,22-23,40H,6-8,17-21H2,1-5H3. The van der Waals surface area contributed by atoms with Gasteiger partial charge in [0.05, 0.1) is 4.90 Å². The van der Waals surface area contributed by atoms with Gasteiger partial charge >= 0.3 is 5.51 Å². The lowest BCUT2D eigenvalue weighted by Crippen LogP contribution is -2.43. The van der Waals surface area contributed by atoms with Gasteiger partial charge in [-0.05, 0) is 116 Å². The zero-order valence-electron chi connectivity index (χ0n) is 27.4. The van der Waals surface area contributed by atoms with Crippen molar-refractivity contribution in [3.63, 3.8) is 0 Å². The molecule has 1 aliphatic heterocycles. The first-order chi connectivity index (χ1) is 22.0. The van der Waals surface area contributed by atoms with E-state index in [0.29, 0.717) is 30.0 Å². The summed E-state index contributed by atoms with van der Waals surface area (Å²) in [5.74, 6) is 0.946. The predicted molar refractivity (Wildman–Crippen MR) is 185 cm³/mol. The van der Waals surface area contributed by atoms with Gasteiger partial charge in [0.1, 0.15) is 23.9 Å². The molecule has 0 spiro atoms. The second kappa shape index (κ2) is 13.4. The van der Waals surface area contributed by atoms with E-state index in [9.17, 15) is 26.7 Å². The van der Waals surface area contributed by atoms with E-state index in [4.69, 9.17) is 9.16 Å². The van der Waals surface area contributed by atoms with E-state index in [1.807, 2.05) is 48.5 Å². The van der Waals surface area contributed by atoms with Crippen molar-refractivity contribution >= 4 is 39.6 Å². The molecule has 4 aromatic rings. The number of halogens is 3. The second-order valence-electron chi connectivity index (χ2n) is 13.6. The molecule has 3 aromatic carbocycles. The maximum Gasteiger partial charge on any atom is 0.501 e. The van der Waals surface area contributed by atoms with Crippen molar-refractivity contribution < 1.29 is 35.9 Å². The van der Waals surface area contributed by atoms with Crippen molar-refractivity contribution in [3.8, 4) is 27.7 Å². The number of fused-ring (bicyclic) bond motifs is 1. The Hall–Kier alpha value is -3.06. The SMILES string of the molecule is CC(C)(C)[Si](C)(C)Oc1ccc(-c2sc3cc(S(=O)(=O)C(F)(F)F)cc(O)c3c2Cc2ccc(OCCN3CCCCC3)cc2)cc1. The topological polar surface area (TPSA) is 76.1 Å². The van der Waals surface area contributed by atoms with Gasteiger partial charge in [0.15, 0.2) is 0 Å². The van der Waals surface area contributed by atoms with Gasteiger partial charge in [-0.2, -0.15) is 13.2 Å². The average Bonchev–Trinajstić information content (AvgIpc) is 3.36. The predicted octanol–water partition coefficient (Wildman–Crippen LogP) is 9.41. The van der Waals surface area contributed by atoms with Gasteiger partial charge in [0.2, 0.25) is 8.32 Å². The van der Waals surface area contributed by atoms with E-state index in [1.165, 1.54) is 19.3 Å². The number of sulfone groups is 1. The van der Waals surface area contributed by atoms with Gasteiger partial charge in [-0.1, -0.05) is 39.3 Å². The van der Waals surface area contributed by atoms with E-state index in [0.717, 1.165) is 64.5 Å². The van der Waals surface area contributed by atoms with Crippen LogP contribution in [0.5, 0.6) is 17.2 Å². The summed E-state index contributed by atoms with van der Waals surface area (Å²) in [7, 11) is -7.75. The summed E-state index contributed by atoms with van der Waals surface area (Å²) in [6.07, 6.45) is 4.07. The third-order valence-electron chi connectivity index (χ3n) is 9.18. The molecular weight excluding hydrogens is 664 g/mol. The molecule has 0 saturated carbocycles. The summed E-state index contributed by atoms with van der Waals surface area (Å²) < 4.78 is 77.5. The fourth-order valence-electron chi connectivity index (χ4n) is 5.44. The molecule has 1 N–H and O–H groups in total. The summed E-state index contributed by atoms with van der Waals surface area (Å²) in [5, 5.41) is 11.4. The third-order valence-corrected chi connectivity index (χ3v) is 16.2. The number of nitrogens with zero attached hydrogens (tertiary/aromatic N) is 1. The van der Waals surface area contributed by atoms with Crippen LogP contribution in [-0.4, -0.2) is 58.5 Å². The highest BCUT2D eigenvalue weighted by atomic mass is 32.2. The molecule has 0 atom stereocenters. The fraction of sp³-hybridized carbons (Fsp3) is 0.429. The monoisotopic (exact) mass is 705 g/mol. The van der Waals surface area contributed by atoms with E-state index >= 15 is 0 Å². The fourth-order valence-corrected chi connectivity index (χ4v) is 8.64. The van der Waals surface area contributed by atoms with Gasteiger partial charge in [0.25, 0.3) is 9.84 Å². The number of benzene rings is 3. The average molecular weight is 706 g/mol. The Morgan fingerprint density at radius 1 is 0.915 bits per heavy atom. The zero-order valence-corrected chi connectivity index (χ0v) is 30.0. The van der Waals surface area contributed by atoms with Crippen LogP contribution >= 0.6 is 11.3 Å². The third kappa shape index (κ3) is 7.82. The number of aromatic hydroxyl groups is 1. The van der Waals surface area contributed by atoms with Gasteiger partial charge in [-0.3, -0.25) is 4.90 Å². The molecule has 6 nitrogen and oxygen atoms in total. The number of ether oxygens (including phenoxy) is 1. The number of likely N-dealkylation sites (tertiary alicyclic amines) is 1. The molecule has 1 aliphatic rings. The van der Waals surface area contributed by atoms with Gasteiger partial charge in [-0.15, -0.1) is 11.3 Å². The molecule has 0 bridgehead atoms. The largest absolute Gasteiger partial charge is 0.544 e. The summed E-state index contributed by atoms with van der Waals surface area (Å²) in [6, 6.07) is 16.9. The van der Waals surface area contributed by atoms with Crippen molar-refractivity contribution in [3.05, 3.63) is 71.8 Å². The van der Waals surface area contributed by atoms with Crippen LogP contribution in [0, 0.1) is 0 Å². The minimum absolute atomic E-state index is 0.00417. The first-order valence-electron chi connectivity index (χ1n) is 15.8. The van der Waals surface area contributed by atoms with Gasteiger partial charge < -0.3 is 14.3 Å². The Balaban J connectivity index is 1.47. The molecule has 0 unspecified atom stereocenters. The van der Waals surface area contributed by atoms with Crippen LogP contribution in [0.15, 0.2) is 65.6 Å². The molecule has 47 heavy (non-hydrogen) atoms. The van der Waals surface area contributed by atoms with Crippen molar-refractivity contribution in [2.45, 2.75) is 75.0 Å². The lowest BCUT2D eigenvalue weighted by atomic mass is 9.98. The van der Waals surface area contributed by atoms with Crippen LogP contribution in [0.3, 0.4) is 0 Å². The van der Waals surface area contributed by atoms with E-state index < -0.39 is 34.3 Å². The highest BCUT2D eigenvalue weighted by Gasteiger charge is 2.47. The van der Waals surface area contributed by atoms with E-state index in [1.54, 1.807) is 0 Å². The van der Waals surface area contributed by atoms with Crippen LogP contribution in [0.2, 0.25) is 18.1 Å². The molecule has 254 valence electrons. The molecule has 1 fully saturated rings. The lowest BCUT2D eigenvalue weighted by Gasteiger charge is -2.36. The molecule has 1 saturated heterocycles. The zero-order chi connectivity index (χ0) is 34.2. The van der Waals surface area contributed by atoms with Crippen molar-refractivity contribution in [1.82, 2.24) is 4.90 Å². The van der Waals surface area contributed by atoms with Crippen molar-refractivity contribution in [1.29, 1.82) is 0 Å². The number of rotatable bonds is 10. The summed E-state index contributed by atoms with van der Waals surface area (Å²) in [5.41, 5.74) is -3.12. The Morgan fingerprint density at radius 3 is 2.13 bits per heavy atom. The lowest BCUT2D eigenvalue weighted by molar-refractivity contribution is -0.0435. The number of phenols is 1. The smallest absolute Gasteiger partial charge is 0.501 e. The molecule has 5 rings (SSSR count). The Kier molecular flexibility index (Phi) is 10.1. The molecular formula is C35H42F3NO5S2Si. The molecule has 0 amide bonds. The molecule has 1 aromatic heterocycles. The Labute approximate surface area is 280 Å². The molecule has 0 radical (unpaired) electrons.